The zero-order valence-corrected chi connectivity index (χ0v) is 27.6. The number of imidazole rings is 1. The third kappa shape index (κ3) is 9.90. The fourth-order valence-electron chi connectivity index (χ4n) is 6.24. The predicted molar refractivity (Wildman–Crippen MR) is 183 cm³/mol. The highest BCUT2D eigenvalue weighted by atomic mass is 19.4. The van der Waals surface area contributed by atoms with Gasteiger partial charge in [0.15, 0.2) is 0 Å². The Labute approximate surface area is 280 Å². The number of amides is 1. The summed E-state index contributed by atoms with van der Waals surface area (Å²) in [6.07, 6.45) is 2.45. The van der Waals surface area contributed by atoms with Crippen molar-refractivity contribution < 1.29 is 27.4 Å². The normalized spacial score (nSPS) is 14.7. The summed E-state index contributed by atoms with van der Waals surface area (Å²) in [5.41, 5.74) is 4.18. The van der Waals surface area contributed by atoms with E-state index in [0.29, 0.717) is 24.9 Å². The van der Waals surface area contributed by atoms with Crippen LogP contribution in [0.3, 0.4) is 0 Å². The van der Waals surface area contributed by atoms with Gasteiger partial charge in [0.25, 0.3) is 0 Å². The molecule has 5 rings (SSSR count). The van der Waals surface area contributed by atoms with Gasteiger partial charge in [0, 0.05) is 31.1 Å². The largest absolute Gasteiger partial charge is 0.573 e. The lowest BCUT2D eigenvalue weighted by Crippen LogP contribution is -2.29. The molecule has 0 saturated heterocycles. The molecule has 1 unspecified atom stereocenters. The van der Waals surface area contributed by atoms with Crippen LogP contribution in [0.25, 0.3) is 22.4 Å². The molecule has 1 fully saturated rings. The van der Waals surface area contributed by atoms with Crippen LogP contribution in [0, 0.1) is 5.92 Å². The summed E-state index contributed by atoms with van der Waals surface area (Å²) < 4.78 is 50.3. The first-order chi connectivity index (χ1) is 23.1. The van der Waals surface area contributed by atoms with Crippen molar-refractivity contribution in [3.8, 4) is 22.9 Å². The lowest BCUT2D eigenvalue weighted by atomic mass is 9.89. The molecule has 4 aromatic rings. The van der Waals surface area contributed by atoms with Crippen LogP contribution in [0.4, 0.5) is 13.2 Å². The maximum atomic E-state index is 12.8. The van der Waals surface area contributed by atoms with E-state index >= 15 is 0 Å². The number of alkyl halides is 3. The number of halogens is 3. The van der Waals surface area contributed by atoms with Crippen molar-refractivity contribution in [3.05, 3.63) is 77.9 Å². The second-order valence-corrected chi connectivity index (χ2v) is 12.7. The molecular weight excluding hydrogens is 619 g/mol. The van der Waals surface area contributed by atoms with Crippen LogP contribution in [0.5, 0.6) is 11.5 Å². The van der Waals surface area contributed by atoms with E-state index in [0.717, 1.165) is 53.0 Å². The second-order valence-electron chi connectivity index (χ2n) is 12.7. The Morgan fingerprint density at radius 2 is 1.75 bits per heavy atom. The monoisotopic (exact) mass is 663 g/mol. The maximum absolute atomic E-state index is 12.8. The van der Waals surface area contributed by atoms with Crippen LogP contribution >= 0.6 is 0 Å². The second kappa shape index (κ2) is 16.3. The van der Waals surface area contributed by atoms with E-state index < -0.39 is 6.36 Å². The SMILES string of the molecule is C=NC(=O)CC(NCC1CCCCC1)c1ccc2c(c1)nc(-c1ccc(OCCCN(C)C)cc1)n2Cc1ccc(OC(F)(F)F)cc1. The van der Waals surface area contributed by atoms with Crippen molar-refractivity contribution in [2.75, 3.05) is 33.8 Å². The Kier molecular flexibility index (Phi) is 11.9. The number of fused-ring (bicyclic) bond motifs is 1. The molecule has 1 aromatic heterocycles. The van der Waals surface area contributed by atoms with Gasteiger partial charge < -0.3 is 24.3 Å². The zero-order valence-electron chi connectivity index (χ0n) is 27.6. The molecule has 1 aliphatic carbocycles. The van der Waals surface area contributed by atoms with Gasteiger partial charge >= 0.3 is 6.36 Å². The zero-order chi connectivity index (χ0) is 34.1. The van der Waals surface area contributed by atoms with Crippen LogP contribution in [-0.2, 0) is 11.3 Å². The highest BCUT2D eigenvalue weighted by molar-refractivity contribution is 5.83. The molecular formula is C37H44F3N5O3. The Hall–Kier alpha value is -4.22. The Morgan fingerprint density at radius 3 is 2.42 bits per heavy atom. The molecule has 1 amide bonds. The summed E-state index contributed by atoms with van der Waals surface area (Å²) in [6, 6.07) is 19.4. The van der Waals surface area contributed by atoms with E-state index in [9.17, 15) is 18.0 Å². The van der Waals surface area contributed by atoms with Gasteiger partial charge in [-0.2, -0.15) is 0 Å². The van der Waals surface area contributed by atoms with E-state index in [1.165, 1.54) is 44.2 Å². The van der Waals surface area contributed by atoms with Gasteiger partial charge in [-0.15, -0.1) is 13.2 Å². The van der Waals surface area contributed by atoms with Crippen molar-refractivity contribution in [2.24, 2.45) is 10.9 Å². The molecule has 1 aliphatic rings. The number of rotatable bonds is 15. The highest BCUT2D eigenvalue weighted by Gasteiger charge is 2.31. The van der Waals surface area contributed by atoms with Crippen LogP contribution in [0.2, 0.25) is 0 Å². The number of carbonyl (C=O) groups is 1. The van der Waals surface area contributed by atoms with Crippen molar-refractivity contribution in [2.45, 2.75) is 63.9 Å². The third-order valence-electron chi connectivity index (χ3n) is 8.74. The van der Waals surface area contributed by atoms with E-state index in [4.69, 9.17) is 9.72 Å². The minimum absolute atomic E-state index is 0.192. The van der Waals surface area contributed by atoms with E-state index in [-0.39, 0.29) is 24.1 Å². The molecule has 1 atom stereocenters. The van der Waals surface area contributed by atoms with Gasteiger partial charge in [0.05, 0.1) is 17.6 Å². The van der Waals surface area contributed by atoms with E-state index in [2.05, 4.69) is 26.7 Å². The van der Waals surface area contributed by atoms with Gasteiger partial charge in [-0.1, -0.05) is 37.5 Å². The third-order valence-corrected chi connectivity index (χ3v) is 8.74. The number of hydrogen-bond acceptors (Lipinski definition) is 6. The standard InChI is InChI=1S/C37H44F3N5O3/c1-41-35(46)23-32(42-24-26-8-5-4-6-9-26)29-14-19-34-33(22-29)43-36(28-12-17-30(18-13-28)47-21-7-20-44(2)3)45(34)25-27-10-15-31(16-11-27)48-37(38,39)40/h10-19,22,26,32,42H,1,4-9,20-21,23-25H2,2-3H3. The molecule has 0 spiro atoms. The molecule has 0 radical (unpaired) electrons. The quantitative estimate of drug-likeness (QED) is 0.103. The van der Waals surface area contributed by atoms with Crippen molar-refractivity contribution >= 4 is 23.7 Å². The fourth-order valence-corrected chi connectivity index (χ4v) is 6.24. The van der Waals surface area contributed by atoms with E-state index in [1.807, 2.05) is 61.1 Å². The first-order valence-electron chi connectivity index (χ1n) is 16.5. The van der Waals surface area contributed by atoms with Crippen molar-refractivity contribution in [3.63, 3.8) is 0 Å². The summed E-state index contributed by atoms with van der Waals surface area (Å²) >= 11 is 0. The molecule has 3 aromatic carbocycles. The number of ether oxygens (including phenoxy) is 2. The number of benzene rings is 3. The Balaban J connectivity index is 1.45. The predicted octanol–water partition coefficient (Wildman–Crippen LogP) is 7.81. The van der Waals surface area contributed by atoms with E-state index in [1.54, 1.807) is 12.1 Å². The molecule has 0 aliphatic heterocycles. The van der Waals surface area contributed by atoms with Crippen molar-refractivity contribution in [1.82, 2.24) is 19.8 Å². The summed E-state index contributed by atoms with van der Waals surface area (Å²) in [5, 5.41) is 3.63. The molecule has 256 valence electrons. The van der Waals surface area contributed by atoms with Gasteiger partial charge in [-0.3, -0.25) is 4.79 Å². The lowest BCUT2D eigenvalue weighted by Gasteiger charge is -2.25. The van der Waals surface area contributed by atoms with Gasteiger partial charge in [0.1, 0.15) is 17.3 Å². The minimum Gasteiger partial charge on any atom is -0.494 e. The average Bonchev–Trinajstić information content (AvgIpc) is 3.43. The van der Waals surface area contributed by atoms with Crippen LogP contribution in [0.15, 0.2) is 71.7 Å². The first kappa shape index (κ1) is 35.1. The van der Waals surface area contributed by atoms with Gasteiger partial charge in [-0.25, -0.2) is 9.98 Å². The van der Waals surface area contributed by atoms with Crippen LogP contribution < -0.4 is 14.8 Å². The fraction of sp³-hybridized carbons (Fsp3) is 0.432. The Morgan fingerprint density at radius 1 is 1.04 bits per heavy atom. The van der Waals surface area contributed by atoms with Gasteiger partial charge in [-0.05, 0) is 112 Å². The first-order valence-corrected chi connectivity index (χ1v) is 16.5. The summed E-state index contributed by atoms with van der Waals surface area (Å²) in [5.74, 6) is 1.49. The average molecular weight is 664 g/mol. The smallest absolute Gasteiger partial charge is 0.494 e. The summed E-state index contributed by atoms with van der Waals surface area (Å²) in [6.45, 7) is 6.16. The number of nitrogens with zero attached hydrogens (tertiary/aromatic N) is 4. The molecule has 8 nitrogen and oxygen atoms in total. The number of hydrogen-bond donors (Lipinski definition) is 1. The Bertz CT molecular complexity index is 1650. The topological polar surface area (TPSA) is 81.0 Å². The number of aliphatic imine (C=N–C) groups is 1. The molecule has 0 bridgehead atoms. The maximum Gasteiger partial charge on any atom is 0.573 e. The van der Waals surface area contributed by atoms with Crippen LogP contribution in [0.1, 0.15) is 62.1 Å². The summed E-state index contributed by atoms with van der Waals surface area (Å²) in [4.78, 5) is 23.2. The van der Waals surface area contributed by atoms with Gasteiger partial charge in [0.2, 0.25) is 5.91 Å². The molecule has 1 heterocycles. The number of aromatic nitrogens is 2. The molecule has 1 saturated carbocycles. The molecule has 1 N–H and O–H groups in total. The number of carbonyl (C=O) groups excluding carboxylic acids is 1. The summed E-state index contributed by atoms with van der Waals surface area (Å²) in [7, 11) is 4.06. The highest BCUT2D eigenvalue weighted by Crippen LogP contribution is 2.31. The van der Waals surface area contributed by atoms with Crippen molar-refractivity contribution in [1.29, 1.82) is 0 Å². The van der Waals surface area contributed by atoms with Crippen LogP contribution in [-0.4, -0.2) is 67.2 Å². The number of nitrogens with one attached hydrogen (secondary N) is 1. The lowest BCUT2D eigenvalue weighted by molar-refractivity contribution is -0.274. The molecule has 48 heavy (non-hydrogen) atoms. The molecule has 11 heteroatoms. The minimum atomic E-state index is -4.76.